The summed E-state index contributed by atoms with van der Waals surface area (Å²) in [6.07, 6.45) is 4.28. The summed E-state index contributed by atoms with van der Waals surface area (Å²) in [5.41, 5.74) is 10.5. The highest BCUT2D eigenvalue weighted by atomic mass is 79.9. The lowest BCUT2D eigenvalue weighted by atomic mass is 10.7. The Morgan fingerprint density at radius 2 is 1.65 bits per heavy atom. The lowest BCUT2D eigenvalue weighted by molar-refractivity contribution is 1.18. The van der Waals surface area contributed by atoms with Gasteiger partial charge in [-0.1, -0.05) is 23.2 Å². The number of nitrogens with two attached hydrogens (primary N) is 2. The average molecular weight is 338 g/mol. The molecule has 4 N–H and O–H groups in total. The molecule has 9 heteroatoms. The van der Waals surface area contributed by atoms with Gasteiger partial charge in [0.15, 0.2) is 5.82 Å². The van der Waals surface area contributed by atoms with E-state index in [-0.39, 0.29) is 0 Å². The highest BCUT2D eigenvalue weighted by Gasteiger charge is 1.96. The van der Waals surface area contributed by atoms with Crippen molar-refractivity contribution in [3.8, 4) is 0 Å². The van der Waals surface area contributed by atoms with Crippen molar-refractivity contribution in [2.24, 2.45) is 0 Å². The molecule has 2 aromatic rings. The summed E-state index contributed by atoms with van der Waals surface area (Å²) in [5.74, 6) is 0.653. The van der Waals surface area contributed by atoms with Crippen molar-refractivity contribution in [2.75, 3.05) is 11.5 Å². The molecule has 0 aromatic carbocycles. The summed E-state index contributed by atoms with van der Waals surface area (Å²) in [7, 11) is 0. The van der Waals surface area contributed by atoms with Gasteiger partial charge in [-0.2, -0.15) is 0 Å². The van der Waals surface area contributed by atoms with E-state index in [1.165, 1.54) is 18.6 Å². The van der Waals surface area contributed by atoms with Gasteiger partial charge >= 0.3 is 0 Å². The minimum atomic E-state index is 0.302. The first kappa shape index (κ1) is 13.9. The fourth-order valence-electron chi connectivity index (χ4n) is 0.722. The molecular formula is C8H7BrCl2N6. The summed E-state index contributed by atoms with van der Waals surface area (Å²) in [6, 6.07) is 0. The fraction of sp³-hybridized carbons (Fsp3) is 0. The van der Waals surface area contributed by atoms with Crippen LogP contribution in [-0.2, 0) is 0 Å². The second kappa shape index (κ2) is 6.53. The monoisotopic (exact) mass is 336 g/mol. The summed E-state index contributed by atoms with van der Waals surface area (Å²) in [5, 5.41) is 0.626. The van der Waals surface area contributed by atoms with Crippen molar-refractivity contribution >= 4 is 50.8 Å². The molecule has 0 saturated heterocycles. The smallest absolute Gasteiger partial charge is 0.158 e. The van der Waals surface area contributed by atoms with Gasteiger partial charge in [0.25, 0.3) is 0 Å². The van der Waals surface area contributed by atoms with Gasteiger partial charge in [-0.3, -0.25) is 4.98 Å². The third-order valence-corrected chi connectivity index (χ3v) is 2.32. The van der Waals surface area contributed by atoms with Gasteiger partial charge in [-0.25, -0.2) is 15.0 Å². The molecule has 0 aliphatic heterocycles. The van der Waals surface area contributed by atoms with Crippen LogP contribution in [0.4, 0.5) is 11.6 Å². The predicted molar refractivity (Wildman–Crippen MR) is 70.6 cm³/mol. The number of aromatic nitrogens is 4. The Bertz CT molecular complexity index is 492. The molecule has 0 amide bonds. The van der Waals surface area contributed by atoms with Crippen LogP contribution < -0.4 is 11.5 Å². The maximum Gasteiger partial charge on any atom is 0.158 e. The van der Waals surface area contributed by atoms with E-state index in [0.717, 1.165) is 0 Å². The number of anilines is 2. The van der Waals surface area contributed by atoms with Crippen molar-refractivity contribution in [2.45, 2.75) is 0 Å². The lowest BCUT2D eigenvalue weighted by Crippen LogP contribution is -1.92. The molecule has 17 heavy (non-hydrogen) atoms. The van der Waals surface area contributed by atoms with Crippen LogP contribution in [0.2, 0.25) is 10.3 Å². The fourth-order valence-corrected chi connectivity index (χ4v) is 1.21. The van der Waals surface area contributed by atoms with Crippen LogP contribution in [-0.4, -0.2) is 19.9 Å². The van der Waals surface area contributed by atoms with Gasteiger partial charge in [0.1, 0.15) is 20.7 Å². The van der Waals surface area contributed by atoms with Crippen LogP contribution in [0, 0.1) is 0 Å². The molecule has 0 fully saturated rings. The van der Waals surface area contributed by atoms with E-state index < -0.39 is 0 Å². The summed E-state index contributed by atoms with van der Waals surface area (Å²) < 4.78 is 0.520. The van der Waals surface area contributed by atoms with Crippen LogP contribution >= 0.6 is 39.1 Å². The van der Waals surface area contributed by atoms with E-state index in [1.54, 1.807) is 0 Å². The topological polar surface area (TPSA) is 104 Å². The van der Waals surface area contributed by atoms with Gasteiger partial charge in [0.2, 0.25) is 0 Å². The van der Waals surface area contributed by atoms with Crippen LogP contribution in [0.25, 0.3) is 0 Å². The molecular weight excluding hydrogens is 331 g/mol. The zero-order valence-corrected chi connectivity index (χ0v) is 11.4. The molecule has 0 saturated carbocycles. The van der Waals surface area contributed by atoms with Gasteiger partial charge in [-0.15, -0.1) is 0 Å². The molecule has 0 unspecified atom stereocenters. The highest BCUT2D eigenvalue weighted by molar-refractivity contribution is 9.10. The number of hydrogen-bond donors (Lipinski definition) is 2. The molecule has 90 valence electrons. The van der Waals surface area contributed by atoms with E-state index >= 15 is 0 Å². The average Bonchev–Trinajstić information content (AvgIpc) is 2.24. The molecule has 0 spiro atoms. The minimum absolute atomic E-state index is 0.302. The normalized spacial score (nSPS) is 9.35. The highest BCUT2D eigenvalue weighted by Crippen LogP contribution is 2.14. The SMILES string of the molecule is Nc1cncc(Cl)n1.Nc1nc(Cl)cnc1Br. The van der Waals surface area contributed by atoms with Crippen molar-refractivity contribution in [3.63, 3.8) is 0 Å². The van der Waals surface area contributed by atoms with Gasteiger partial charge in [0.05, 0.1) is 18.6 Å². The standard InChI is InChI=1S/C4H3BrClN3.C4H4ClN3/c5-3-4(7)9-2(6)1-8-3;5-3-1-7-2-4(6)8-3/h1H,(H2,7,9);1-2H,(H2,6,8). The number of hydrogen-bond acceptors (Lipinski definition) is 6. The predicted octanol–water partition coefficient (Wildman–Crippen LogP) is 2.19. The van der Waals surface area contributed by atoms with Crippen LogP contribution in [0.1, 0.15) is 0 Å². The summed E-state index contributed by atoms with van der Waals surface area (Å²) >= 11 is 13.9. The third-order valence-electron chi connectivity index (χ3n) is 1.35. The van der Waals surface area contributed by atoms with Crippen molar-refractivity contribution < 1.29 is 0 Å². The Morgan fingerprint density at radius 3 is 2.06 bits per heavy atom. The number of rotatable bonds is 0. The van der Waals surface area contributed by atoms with Crippen LogP contribution in [0.3, 0.4) is 0 Å². The zero-order chi connectivity index (χ0) is 12.8. The van der Waals surface area contributed by atoms with Crippen LogP contribution in [0.15, 0.2) is 23.2 Å². The Morgan fingerprint density at radius 1 is 1.00 bits per heavy atom. The molecule has 0 aliphatic rings. The molecule has 0 atom stereocenters. The number of halogens is 3. The van der Waals surface area contributed by atoms with E-state index in [0.29, 0.717) is 26.5 Å². The summed E-state index contributed by atoms with van der Waals surface area (Å²) in [4.78, 5) is 14.8. The number of nitrogen functional groups attached to an aromatic ring is 2. The lowest BCUT2D eigenvalue weighted by Gasteiger charge is -1.93. The summed E-state index contributed by atoms with van der Waals surface area (Å²) in [6.45, 7) is 0. The maximum atomic E-state index is 5.44. The van der Waals surface area contributed by atoms with E-state index in [4.69, 9.17) is 34.7 Å². The first-order valence-electron chi connectivity index (χ1n) is 4.15. The molecule has 6 nitrogen and oxygen atoms in total. The largest absolute Gasteiger partial charge is 0.382 e. The van der Waals surface area contributed by atoms with Crippen LogP contribution in [0.5, 0.6) is 0 Å². The minimum Gasteiger partial charge on any atom is -0.382 e. The van der Waals surface area contributed by atoms with E-state index in [1.807, 2.05) is 0 Å². The molecule has 0 aliphatic carbocycles. The molecule has 0 bridgehead atoms. The molecule has 2 aromatic heterocycles. The molecule has 2 rings (SSSR count). The second-order valence-electron chi connectivity index (χ2n) is 2.64. The van der Waals surface area contributed by atoms with Crippen molar-refractivity contribution in [1.82, 2.24) is 19.9 Å². The van der Waals surface area contributed by atoms with Gasteiger partial charge in [0, 0.05) is 0 Å². The molecule has 0 radical (unpaired) electrons. The first-order valence-corrected chi connectivity index (χ1v) is 5.70. The van der Waals surface area contributed by atoms with Crippen molar-refractivity contribution in [3.05, 3.63) is 33.5 Å². The van der Waals surface area contributed by atoms with Gasteiger partial charge in [-0.05, 0) is 15.9 Å². The maximum absolute atomic E-state index is 5.44. The Labute approximate surface area is 116 Å². The van der Waals surface area contributed by atoms with E-state index in [2.05, 4.69) is 35.9 Å². The Kier molecular flexibility index (Phi) is 5.33. The quantitative estimate of drug-likeness (QED) is 0.763. The van der Waals surface area contributed by atoms with Crippen molar-refractivity contribution in [1.29, 1.82) is 0 Å². The second-order valence-corrected chi connectivity index (χ2v) is 4.16. The Balaban J connectivity index is 0.000000171. The third kappa shape index (κ3) is 5.12. The first-order chi connectivity index (χ1) is 7.99. The molecule has 2 heterocycles. The number of nitrogens with zero attached hydrogens (tertiary/aromatic N) is 4. The van der Waals surface area contributed by atoms with E-state index in [9.17, 15) is 0 Å². The Hall–Kier alpha value is -1.18. The van der Waals surface area contributed by atoms with Gasteiger partial charge < -0.3 is 11.5 Å². The zero-order valence-electron chi connectivity index (χ0n) is 8.31.